The molecule has 0 bridgehead atoms. The number of nitro benzene ring substituents is 1. The van der Waals surface area contributed by atoms with Crippen LogP contribution >= 0.6 is 0 Å². The minimum Gasteiger partial charge on any atom is -0.351 e. The third-order valence-corrected chi connectivity index (χ3v) is 1.85. The van der Waals surface area contributed by atoms with Gasteiger partial charge in [0.1, 0.15) is 5.56 Å². The number of rotatable bonds is 2. The average Bonchev–Trinajstić information content (AvgIpc) is 2.27. The number of urea groups is 1. The topological polar surface area (TPSA) is 115 Å². The van der Waals surface area contributed by atoms with E-state index in [9.17, 15) is 19.7 Å². The maximum atomic E-state index is 11.3. The van der Waals surface area contributed by atoms with Crippen LogP contribution in [-0.2, 0) is 0 Å². The smallest absolute Gasteiger partial charge is 0.319 e. The highest BCUT2D eigenvalue weighted by atomic mass is 16.6. The summed E-state index contributed by atoms with van der Waals surface area (Å²) in [6.45, 7) is 0. The molecule has 0 saturated carbocycles. The van der Waals surface area contributed by atoms with Crippen LogP contribution in [0.2, 0.25) is 0 Å². The van der Waals surface area contributed by atoms with Crippen molar-refractivity contribution in [1.82, 2.24) is 5.32 Å². The Balaban J connectivity index is 3.18. The lowest BCUT2D eigenvalue weighted by Gasteiger charge is -2.01. The van der Waals surface area contributed by atoms with Gasteiger partial charge in [-0.05, 0) is 12.1 Å². The van der Waals surface area contributed by atoms with Gasteiger partial charge in [0, 0.05) is 11.6 Å². The number of benzene rings is 1. The molecule has 0 spiro atoms. The molecule has 0 atom stereocenters. The standard InChI is InChI=1S/C10H7N3O4/c1-2-6-3-4-7(5-8(6)13(16)17)9(14)12-10(11)15/h1,3-5H,(H3,11,12,14,15). The summed E-state index contributed by atoms with van der Waals surface area (Å²) in [6, 6.07) is 2.45. The summed E-state index contributed by atoms with van der Waals surface area (Å²) in [5.41, 5.74) is 4.34. The molecule has 86 valence electrons. The number of amides is 3. The highest BCUT2D eigenvalue weighted by Gasteiger charge is 2.16. The number of nitro groups is 1. The number of carbonyl (C=O) groups is 2. The molecule has 0 fully saturated rings. The van der Waals surface area contributed by atoms with E-state index in [0.29, 0.717) is 0 Å². The highest BCUT2D eigenvalue weighted by Crippen LogP contribution is 2.19. The number of nitrogens with zero attached hydrogens (tertiary/aromatic N) is 1. The van der Waals surface area contributed by atoms with Crippen LogP contribution in [0.4, 0.5) is 10.5 Å². The first-order valence-electron chi connectivity index (χ1n) is 4.31. The molecule has 0 aliphatic heterocycles. The first-order chi connectivity index (χ1) is 7.95. The van der Waals surface area contributed by atoms with Gasteiger partial charge in [0.15, 0.2) is 0 Å². The highest BCUT2D eigenvalue weighted by molar-refractivity contribution is 6.04. The van der Waals surface area contributed by atoms with Crippen LogP contribution in [0.3, 0.4) is 0 Å². The molecule has 1 aromatic carbocycles. The monoisotopic (exact) mass is 233 g/mol. The molecule has 0 heterocycles. The van der Waals surface area contributed by atoms with Crippen LogP contribution in [0.25, 0.3) is 0 Å². The van der Waals surface area contributed by atoms with Gasteiger partial charge in [0.05, 0.1) is 4.92 Å². The molecule has 1 aromatic rings. The fourth-order valence-corrected chi connectivity index (χ4v) is 1.13. The Morgan fingerprint density at radius 2 is 2.12 bits per heavy atom. The largest absolute Gasteiger partial charge is 0.351 e. The third-order valence-electron chi connectivity index (χ3n) is 1.85. The van der Waals surface area contributed by atoms with Crippen molar-refractivity contribution in [2.24, 2.45) is 5.73 Å². The second kappa shape index (κ2) is 4.76. The molecule has 7 heteroatoms. The Bertz CT molecular complexity index is 545. The average molecular weight is 233 g/mol. The lowest BCUT2D eigenvalue weighted by Crippen LogP contribution is -2.34. The summed E-state index contributed by atoms with van der Waals surface area (Å²) in [4.78, 5) is 31.7. The molecule has 0 unspecified atom stereocenters. The first-order valence-corrected chi connectivity index (χ1v) is 4.31. The van der Waals surface area contributed by atoms with E-state index in [0.717, 1.165) is 6.07 Å². The maximum Gasteiger partial charge on any atom is 0.319 e. The number of terminal acetylenes is 1. The minimum absolute atomic E-state index is 0.0469. The zero-order valence-electron chi connectivity index (χ0n) is 8.47. The van der Waals surface area contributed by atoms with Crippen LogP contribution in [0.15, 0.2) is 18.2 Å². The van der Waals surface area contributed by atoms with Gasteiger partial charge in [0.2, 0.25) is 0 Å². The van der Waals surface area contributed by atoms with Crippen molar-refractivity contribution >= 4 is 17.6 Å². The second-order valence-corrected chi connectivity index (χ2v) is 2.95. The van der Waals surface area contributed by atoms with E-state index in [1.807, 2.05) is 0 Å². The van der Waals surface area contributed by atoms with Crippen LogP contribution in [0.5, 0.6) is 0 Å². The Hall–Kier alpha value is -2.88. The predicted molar refractivity (Wildman–Crippen MR) is 58.1 cm³/mol. The van der Waals surface area contributed by atoms with Gasteiger partial charge in [-0.1, -0.05) is 5.92 Å². The van der Waals surface area contributed by atoms with Crippen molar-refractivity contribution in [2.75, 3.05) is 0 Å². The maximum absolute atomic E-state index is 11.3. The van der Waals surface area contributed by atoms with E-state index in [1.54, 1.807) is 5.32 Å². The van der Waals surface area contributed by atoms with E-state index in [-0.39, 0.29) is 16.8 Å². The summed E-state index contributed by atoms with van der Waals surface area (Å²) < 4.78 is 0. The molecule has 0 radical (unpaired) electrons. The van der Waals surface area contributed by atoms with Gasteiger partial charge < -0.3 is 5.73 Å². The number of nitrogens with one attached hydrogen (secondary N) is 1. The van der Waals surface area contributed by atoms with Gasteiger partial charge in [-0.3, -0.25) is 20.2 Å². The second-order valence-electron chi connectivity index (χ2n) is 2.95. The van der Waals surface area contributed by atoms with Gasteiger partial charge in [-0.15, -0.1) is 6.42 Å². The summed E-state index contributed by atoms with van der Waals surface area (Å²) in [5.74, 6) is 1.29. The Labute approximate surface area is 95.8 Å². The number of carbonyl (C=O) groups excluding carboxylic acids is 2. The van der Waals surface area contributed by atoms with E-state index in [4.69, 9.17) is 12.2 Å². The zero-order chi connectivity index (χ0) is 13.0. The summed E-state index contributed by atoms with van der Waals surface area (Å²) >= 11 is 0. The fraction of sp³-hybridized carbons (Fsp3) is 0. The van der Waals surface area contributed by atoms with Crippen molar-refractivity contribution in [3.05, 3.63) is 39.4 Å². The molecule has 0 saturated heterocycles. The quantitative estimate of drug-likeness (QED) is 0.436. The van der Waals surface area contributed by atoms with Crippen molar-refractivity contribution in [2.45, 2.75) is 0 Å². The Morgan fingerprint density at radius 3 is 2.59 bits per heavy atom. The molecule has 0 aliphatic carbocycles. The van der Waals surface area contributed by atoms with Crippen LogP contribution in [0.1, 0.15) is 15.9 Å². The molecule has 1 rings (SSSR count). The molecule has 0 aromatic heterocycles. The summed E-state index contributed by atoms with van der Waals surface area (Å²) in [7, 11) is 0. The van der Waals surface area contributed by atoms with E-state index in [2.05, 4.69) is 5.92 Å². The van der Waals surface area contributed by atoms with Crippen molar-refractivity contribution in [1.29, 1.82) is 0 Å². The van der Waals surface area contributed by atoms with Crippen molar-refractivity contribution in [3.63, 3.8) is 0 Å². The predicted octanol–water partition coefficient (Wildman–Crippen LogP) is 0.385. The van der Waals surface area contributed by atoms with E-state index >= 15 is 0 Å². The van der Waals surface area contributed by atoms with E-state index < -0.39 is 16.9 Å². The van der Waals surface area contributed by atoms with E-state index in [1.165, 1.54) is 12.1 Å². The molecule has 0 aliphatic rings. The minimum atomic E-state index is -1.04. The summed E-state index contributed by atoms with van der Waals surface area (Å²) in [6.07, 6.45) is 5.07. The van der Waals surface area contributed by atoms with Crippen LogP contribution in [-0.4, -0.2) is 16.9 Å². The van der Waals surface area contributed by atoms with Crippen molar-refractivity contribution in [3.8, 4) is 12.3 Å². The zero-order valence-corrected chi connectivity index (χ0v) is 8.47. The normalized spacial score (nSPS) is 9.12. The van der Waals surface area contributed by atoms with Crippen LogP contribution in [0, 0.1) is 22.5 Å². The molecule has 17 heavy (non-hydrogen) atoms. The Morgan fingerprint density at radius 1 is 1.47 bits per heavy atom. The molecular formula is C10H7N3O4. The lowest BCUT2D eigenvalue weighted by atomic mass is 10.1. The first kappa shape index (κ1) is 12.2. The molecule has 7 nitrogen and oxygen atoms in total. The van der Waals surface area contributed by atoms with Gasteiger partial charge in [-0.2, -0.15) is 0 Å². The van der Waals surface area contributed by atoms with Crippen molar-refractivity contribution < 1.29 is 14.5 Å². The van der Waals surface area contributed by atoms with Crippen LogP contribution < -0.4 is 11.1 Å². The number of imide groups is 1. The fourth-order valence-electron chi connectivity index (χ4n) is 1.13. The van der Waals surface area contributed by atoms with Gasteiger partial charge >= 0.3 is 6.03 Å². The number of primary amides is 1. The molecule has 3 N–H and O–H groups in total. The third kappa shape index (κ3) is 2.79. The Kier molecular flexibility index (Phi) is 3.41. The number of hydrogen-bond acceptors (Lipinski definition) is 4. The molecule has 3 amide bonds. The lowest BCUT2D eigenvalue weighted by molar-refractivity contribution is -0.385. The SMILES string of the molecule is C#Cc1ccc(C(=O)NC(N)=O)cc1[N+](=O)[O-]. The summed E-state index contributed by atoms with van der Waals surface area (Å²) in [5, 5.41) is 12.5. The van der Waals surface area contributed by atoms with Gasteiger partial charge in [-0.25, -0.2) is 4.79 Å². The van der Waals surface area contributed by atoms with Gasteiger partial charge in [0.25, 0.3) is 11.6 Å². The molecular weight excluding hydrogens is 226 g/mol. The number of hydrogen-bond donors (Lipinski definition) is 2. The number of nitrogens with two attached hydrogens (primary N) is 1.